The van der Waals surface area contributed by atoms with Crippen molar-refractivity contribution in [3.05, 3.63) is 367 Å². The average Bonchev–Trinajstić information content (AvgIpc) is 1.68. The molecule has 0 atom stereocenters. The monoisotopic (exact) mass is 1570 g/mol. The Kier molecular flexibility index (Phi) is 14.5. The molecule has 0 saturated heterocycles. The van der Waals surface area contributed by atoms with Crippen LogP contribution in [0.4, 0.5) is 34.1 Å². The third-order valence-electron chi connectivity index (χ3n) is 25.6. The van der Waals surface area contributed by atoms with Crippen LogP contribution in [0.15, 0.2) is 340 Å². The highest BCUT2D eigenvalue weighted by molar-refractivity contribution is 7.00. The Balaban J connectivity index is 0.926. The highest BCUT2D eigenvalue weighted by Crippen LogP contribution is 2.52. The van der Waals surface area contributed by atoms with Gasteiger partial charge in [-0.1, -0.05) is 277 Å². The van der Waals surface area contributed by atoms with Crippen LogP contribution in [-0.4, -0.2) is 25.0 Å². The lowest BCUT2D eigenvalue weighted by molar-refractivity contribution is 0.590. The maximum atomic E-state index is 11.9. The fourth-order valence-corrected chi connectivity index (χ4v) is 19.4. The van der Waals surface area contributed by atoms with Crippen LogP contribution in [0, 0.1) is 11.3 Å². The molecule has 8 heteroatoms. The summed E-state index contributed by atoms with van der Waals surface area (Å²) in [5.74, 6) is 0. The van der Waals surface area contributed by atoms with Crippen LogP contribution in [0.5, 0.6) is 0 Å². The summed E-state index contributed by atoms with van der Waals surface area (Å²) in [5, 5.41) is 18.3. The summed E-state index contributed by atoms with van der Waals surface area (Å²) in [6.07, 6.45) is 0. The molecule has 0 amide bonds. The maximum absolute atomic E-state index is 11.9. The SMILES string of the molecule is [2H]c1c([2H])c([2H])c2c(c1[2H])c1c([2H])c([2H])c([2H])c([2H])c1n2-c1cc2c3c(c1)N(c1ccc(C#N)c(-n4c5ccccc5c5ccc(-c6ccccc6)cc54)c1)c1cc(-n4c5ccc(C(C)(C)C)cc5c5cc(C(C)(C)C)ccc54)ccc1B3c1ccc(-n3c4ccc(C(C)(C)C)cc4c4cc(C(C)(C)C)ccc43)cc1N2c1cc(-c2ccccc2)cc(-c2ccccc2)c1. The Hall–Kier alpha value is -14.1. The molecule has 0 aliphatic carbocycles. The Morgan fingerprint density at radius 1 is 0.256 bits per heavy atom. The van der Waals surface area contributed by atoms with Gasteiger partial charge in [-0.2, -0.15) is 5.26 Å². The molecule has 16 aromatic carbocycles. The third-order valence-corrected chi connectivity index (χ3v) is 25.6. The van der Waals surface area contributed by atoms with Crippen LogP contribution in [0.25, 0.3) is 143 Å². The number of rotatable bonds is 9. The van der Waals surface area contributed by atoms with E-state index < -0.39 is 55.1 Å². The van der Waals surface area contributed by atoms with Gasteiger partial charge in [0.1, 0.15) is 6.07 Å². The predicted octanol–water partition coefficient (Wildman–Crippen LogP) is 28.2. The summed E-state index contributed by atoms with van der Waals surface area (Å²) in [6.45, 7) is 26.6. The Bertz CT molecular complexity index is 8010. The lowest BCUT2D eigenvalue weighted by Gasteiger charge is -2.45. The lowest BCUT2D eigenvalue weighted by Crippen LogP contribution is -2.61. The van der Waals surface area contributed by atoms with Gasteiger partial charge in [-0.25, -0.2) is 0 Å². The van der Waals surface area contributed by atoms with Gasteiger partial charge in [-0.3, -0.25) is 0 Å². The van der Waals surface area contributed by atoms with E-state index in [1.165, 1.54) is 22.3 Å². The van der Waals surface area contributed by atoms with E-state index in [0.717, 1.165) is 144 Å². The fourth-order valence-electron chi connectivity index (χ4n) is 19.4. The summed E-state index contributed by atoms with van der Waals surface area (Å²) >= 11 is 0. The van der Waals surface area contributed by atoms with Crippen LogP contribution >= 0.6 is 0 Å². The first-order chi connectivity index (χ1) is 61.8. The van der Waals surface area contributed by atoms with Crippen molar-refractivity contribution in [2.75, 3.05) is 9.80 Å². The van der Waals surface area contributed by atoms with Crippen molar-refractivity contribution in [2.45, 2.75) is 105 Å². The Morgan fingerprint density at radius 2 is 0.636 bits per heavy atom. The Labute approximate surface area is 718 Å². The lowest BCUT2D eigenvalue weighted by atomic mass is 9.33. The summed E-state index contributed by atoms with van der Waals surface area (Å²) in [5.41, 5.74) is 26.3. The molecule has 0 saturated carbocycles. The quantitative estimate of drug-likeness (QED) is 0.135. The van der Waals surface area contributed by atoms with E-state index >= 15 is 0 Å². The number of aromatic nitrogens is 4. The van der Waals surface area contributed by atoms with Crippen LogP contribution in [0.3, 0.4) is 0 Å². The molecule has 6 heterocycles. The first-order valence-corrected chi connectivity index (χ1v) is 42.0. The molecule has 0 N–H and O–H groups in total. The molecule has 0 unspecified atom stereocenters. The van der Waals surface area contributed by atoms with Crippen LogP contribution in [0.1, 0.15) is 122 Å². The molecule has 0 spiro atoms. The smallest absolute Gasteiger partial charge is 0.252 e. The highest BCUT2D eigenvalue weighted by atomic mass is 15.2. The van der Waals surface area contributed by atoms with Crippen LogP contribution in [0.2, 0.25) is 0 Å². The van der Waals surface area contributed by atoms with Crippen molar-refractivity contribution in [3.8, 4) is 62.2 Å². The number of nitrogens with zero attached hydrogens (tertiary/aromatic N) is 7. The van der Waals surface area contributed by atoms with Crippen LogP contribution in [-0.2, 0) is 21.7 Å². The van der Waals surface area contributed by atoms with Gasteiger partial charge in [0.2, 0.25) is 0 Å². The molecule has 4 aromatic heterocycles. The summed E-state index contributed by atoms with van der Waals surface area (Å²) < 4.78 is 87.3. The van der Waals surface area contributed by atoms with E-state index in [9.17, 15) is 16.2 Å². The van der Waals surface area contributed by atoms with Gasteiger partial charge < -0.3 is 28.1 Å². The number of fused-ring (bicyclic) bond motifs is 16. The first kappa shape index (κ1) is 64.9. The van der Waals surface area contributed by atoms with E-state index in [1.54, 1.807) is 4.57 Å². The molecule has 2 aliphatic rings. The van der Waals surface area contributed by atoms with Gasteiger partial charge >= 0.3 is 0 Å². The summed E-state index contributed by atoms with van der Waals surface area (Å²) in [4.78, 5) is 4.69. The predicted molar refractivity (Wildman–Crippen MR) is 514 cm³/mol. The van der Waals surface area contributed by atoms with Crippen molar-refractivity contribution in [2.24, 2.45) is 0 Å². The van der Waals surface area contributed by atoms with Gasteiger partial charge in [-0.15, -0.1) is 0 Å². The third kappa shape index (κ3) is 11.7. The number of hydrogen-bond donors (Lipinski definition) is 0. The summed E-state index contributed by atoms with van der Waals surface area (Å²) in [7, 11) is 0. The number of benzene rings is 16. The number of nitriles is 1. The van der Waals surface area contributed by atoms with Gasteiger partial charge in [0, 0.05) is 88.6 Å². The molecule has 7 nitrogen and oxygen atoms in total. The van der Waals surface area contributed by atoms with Gasteiger partial charge in [-0.05, 0) is 239 Å². The number of anilines is 6. The second-order valence-electron chi connectivity index (χ2n) is 37.1. The largest absolute Gasteiger partial charge is 0.311 e. The van der Waals surface area contributed by atoms with E-state index in [1.807, 2.05) is 48.5 Å². The zero-order valence-electron chi connectivity index (χ0n) is 77.9. The minimum atomic E-state index is -0.599. The topological polar surface area (TPSA) is 50.0 Å². The van der Waals surface area contributed by atoms with E-state index in [2.05, 4.69) is 355 Å². The normalized spacial score (nSPS) is 14.0. The number of para-hydroxylation sites is 3. The minimum absolute atomic E-state index is 0.0210. The van der Waals surface area contributed by atoms with E-state index in [4.69, 9.17) is 0 Å². The summed E-state index contributed by atoms with van der Waals surface area (Å²) in [6, 6.07) is 104. The Morgan fingerprint density at radius 3 is 1.09 bits per heavy atom. The zero-order valence-corrected chi connectivity index (χ0v) is 69.9. The molecule has 2 aliphatic heterocycles. The molecule has 20 aromatic rings. The molecule has 121 heavy (non-hydrogen) atoms. The zero-order chi connectivity index (χ0) is 89.4. The van der Waals surface area contributed by atoms with E-state index in [-0.39, 0.29) is 43.5 Å². The molecule has 0 fully saturated rings. The average molecular weight is 1570 g/mol. The molecular formula is C113H92BN7. The van der Waals surface area contributed by atoms with Crippen molar-refractivity contribution >= 4 is 144 Å². The molecule has 0 bridgehead atoms. The maximum Gasteiger partial charge on any atom is 0.252 e. The van der Waals surface area contributed by atoms with Gasteiger partial charge in [0.15, 0.2) is 0 Å². The van der Waals surface area contributed by atoms with Crippen molar-refractivity contribution < 1.29 is 11.0 Å². The molecule has 0 radical (unpaired) electrons. The van der Waals surface area contributed by atoms with Crippen LogP contribution < -0.4 is 26.2 Å². The number of hydrogen-bond acceptors (Lipinski definition) is 3. The standard InChI is InChI=1S/C113H92BN7/c1-110(2,3)77-42-52-99-90(60-77)91-61-78(111(4,5)6)43-53-100(91)116(99)82-47-50-94-105(65-82)118(81-46-40-74(69-115)103(64-81)121-98-39-27-24-36-88(98)89-49-41-73(59-104(89)121)70-28-16-13-17-29-70)107-67-85(119-96-37-25-22-34-86(96)87-35-23-26-38-97(87)119)68-108-109(107)114(94)95-51-48-83(117-101-54-44-79(112(7,8)9)62-92(101)93-63-80(113(10,11)12)45-55-102(93)117)66-106(95)120(108)84-57-75(71-30-18-14-19-31-71)56-76(58-84)72-32-20-15-21-33-72/h13-68H,1-12H3/i22D,23D,25D,26D,34D,35D,37D,38D. The fraction of sp³-hybridized carbons (Fsp3) is 0.142. The minimum Gasteiger partial charge on any atom is -0.311 e. The van der Waals surface area contributed by atoms with Gasteiger partial charge in [0.25, 0.3) is 6.71 Å². The highest BCUT2D eigenvalue weighted by Gasteiger charge is 2.45. The van der Waals surface area contributed by atoms with E-state index in [0.29, 0.717) is 34.0 Å². The van der Waals surface area contributed by atoms with Crippen molar-refractivity contribution in [1.82, 2.24) is 18.3 Å². The molecular weight excluding hydrogens is 1470 g/mol. The first-order valence-electron chi connectivity index (χ1n) is 46.0. The second-order valence-corrected chi connectivity index (χ2v) is 37.1. The second kappa shape index (κ2) is 26.9. The van der Waals surface area contributed by atoms with Gasteiger partial charge in [0.05, 0.1) is 72.0 Å². The van der Waals surface area contributed by atoms with Crippen molar-refractivity contribution in [1.29, 1.82) is 5.26 Å². The molecule has 582 valence electrons. The molecule has 22 rings (SSSR count). The van der Waals surface area contributed by atoms with Crippen molar-refractivity contribution in [3.63, 3.8) is 0 Å².